The lowest BCUT2D eigenvalue weighted by molar-refractivity contribution is 0.170. The number of aryl methyl sites for hydroxylation is 1. The highest BCUT2D eigenvalue weighted by atomic mass is 35.5. The first-order valence-electron chi connectivity index (χ1n) is 10.1. The molecule has 0 fully saturated rings. The highest BCUT2D eigenvalue weighted by Crippen LogP contribution is 2.41. The molecule has 0 saturated carbocycles. The summed E-state index contributed by atoms with van der Waals surface area (Å²) in [4.78, 5) is 6.93. The molecule has 0 bridgehead atoms. The van der Waals surface area contributed by atoms with Crippen molar-refractivity contribution in [2.24, 2.45) is 0 Å². The number of nitrogens with zero attached hydrogens (tertiary/aromatic N) is 2. The molecule has 0 saturated heterocycles. The summed E-state index contributed by atoms with van der Waals surface area (Å²) in [6.45, 7) is 6.03. The van der Waals surface area contributed by atoms with E-state index in [4.69, 9.17) is 39.9 Å². The molecular weight excluding hydrogens is 420 g/mol. The van der Waals surface area contributed by atoms with Gasteiger partial charge in [0.15, 0.2) is 23.0 Å². The van der Waals surface area contributed by atoms with Crippen LogP contribution in [0.3, 0.4) is 0 Å². The van der Waals surface area contributed by atoms with Crippen molar-refractivity contribution >= 4 is 11.6 Å². The van der Waals surface area contributed by atoms with Crippen molar-refractivity contribution in [1.29, 1.82) is 0 Å². The van der Waals surface area contributed by atoms with E-state index in [1.54, 1.807) is 12.1 Å². The minimum Gasteiger partial charge on any atom is -0.486 e. The van der Waals surface area contributed by atoms with E-state index in [1.165, 1.54) is 0 Å². The summed E-state index contributed by atoms with van der Waals surface area (Å²) >= 11 is 6.43. The average molecular weight is 443 g/mol. The van der Waals surface area contributed by atoms with Crippen molar-refractivity contribution in [3.05, 3.63) is 52.4 Å². The lowest BCUT2D eigenvalue weighted by Gasteiger charge is -2.26. The van der Waals surface area contributed by atoms with Crippen molar-refractivity contribution < 1.29 is 23.4 Å². The van der Waals surface area contributed by atoms with Gasteiger partial charge in [0, 0.05) is 18.7 Å². The van der Waals surface area contributed by atoms with Crippen molar-refractivity contribution in [3.63, 3.8) is 0 Å². The molecule has 8 heteroatoms. The Morgan fingerprint density at radius 1 is 1.00 bits per heavy atom. The molecule has 1 aromatic heterocycles. The summed E-state index contributed by atoms with van der Waals surface area (Å²) in [6, 6.07) is 9.76. The van der Waals surface area contributed by atoms with E-state index in [9.17, 15) is 0 Å². The van der Waals surface area contributed by atoms with Gasteiger partial charge in [-0.3, -0.25) is 4.90 Å². The number of fused-ring (bicyclic) bond motifs is 2. The van der Waals surface area contributed by atoms with Crippen LogP contribution in [0.15, 0.2) is 34.7 Å². The summed E-state index contributed by atoms with van der Waals surface area (Å²) in [5, 5.41) is 0.509. The highest BCUT2D eigenvalue weighted by molar-refractivity contribution is 6.33. The Hall–Kier alpha value is -2.90. The fraction of sp³-hybridized carbons (Fsp3) is 0.348. The number of hydrogen-bond donors (Lipinski definition) is 0. The first-order valence-corrected chi connectivity index (χ1v) is 10.5. The number of hydrogen-bond acceptors (Lipinski definition) is 7. The van der Waals surface area contributed by atoms with Gasteiger partial charge in [0.05, 0.1) is 16.3 Å². The van der Waals surface area contributed by atoms with Crippen LogP contribution in [-0.2, 0) is 6.54 Å². The Kier molecular flexibility index (Phi) is 5.16. The Labute approximate surface area is 185 Å². The van der Waals surface area contributed by atoms with Crippen molar-refractivity contribution in [1.82, 2.24) is 9.88 Å². The number of ether oxygens (including phenoxy) is 4. The third-order valence-electron chi connectivity index (χ3n) is 5.69. The second kappa shape index (κ2) is 7.98. The first kappa shape index (κ1) is 20.0. The lowest BCUT2D eigenvalue weighted by Crippen LogP contribution is -2.23. The summed E-state index contributed by atoms with van der Waals surface area (Å²) in [7, 11) is 2.06. The number of halogens is 1. The fourth-order valence-electron chi connectivity index (χ4n) is 3.72. The summed E-state index contributed by atoms with van der Waals surface area (Å²) in [6.07, 6.45) is 0. The second-order valence-electron chi connectivity index (χ2n) is 7.70. The minimum atomic E-state index is 0.143. The van der Waals surface area contributed by atoms with Crippen molar-refractivity contribution in [3.8, 4) is 34.5 Å². The number of benzene rings is 2. The molecule has 0 spiro atoms. The van der Waals surface area contributed by atoms with E-state index in [0.717, 1.165) is 28.5 Å². The van der Waals surface area contributed by atoms with Gasteiger partial charge in [0.2, 0.25) is 12.7 Å². The largest absolute Gasteiger partial charge is 0.486 e. The van der Waals surface area contributed by atoms with Gasteiger partial charge in [0.1, 0.15) is 19.0 Å². The minimum absolute atomic E-state index is 0.143. The van der Waals surface area contributed by atoms with Gasteiger partial charge < -0.3 is 23.4 Å². The van der Waals surface area contributed by atoms with Crippen LogP contribution >= 0.6 is 11.6 Å². The van der Waals surface area contributed by atoms with Crippen LogP contribution in [0.5, 0.6) is 23.0 Å². The van der Waals surface area contributed by atoms with E-state index in [2.05, 4.69) is 24.9 Å². The molecular formula is C23H23ClN2O5. The Bertz CT molecular complexity index is 1130. The maximum atomic E-state index is 6.43. The van der Waals surface area contributed by atoms with Crippen LogP contribution in [0.1, 0.15) is 30.0 Å². The van der Waals surface area contributed by atoms with E-state index in [1.807, 2.05) is 19.1 Å². The van der Waals surface area contributed by atoms with Crippen LogP contribution < -0.4 is 18.9 Å². The van der Waals surface area contributed by atoms with Crippen LogP contribution in [0.25, 0.3) is 11.5 Å². The highest BCUT2D eigenvalue weighted by Gasteiger charge is 2.23. The molecule has 0 N–H and O–H groups in total. The molecule has 31 heavy (non-hydrogen) atoms. The second-order valence-corrected chi connectivity index (χ2v) is 8.11. The maximum Gasteiger partial charge on any atom is 0.231 e. The first-order chi connectivity index (χ1) is 15.0. The van der Waals surface area contributed by atoms with Gasteiger partial charge in [-0.15, -0.1) is 0 Å². The van der Waals surface area contributed by atoms with Crippen molar-refractivity contribution in [2.75, 3.05) is 27.1 Å². The van der Waals surface area contributed by atoms with Gasteiger partial charge in [0.25, 0.3) is 0 Å². The monoisotopic (exact) mass is 442 g/mol. The van der Waals surface area contributed by atoms with E-state index in [0.29, 0.717) is 47.7 Å². The topological polar surface area (TPSA) is 66.2 Å². The SMILES string of the molecule is Cc1oc(-c2cc3c(cc2Cl)OCO3)nc1CN(C)C(C)c1ccc2c(c1)OCCO2. The van der Waals surface area contributed by atoms with Gasteiger partial charge in [-0.25, -0.2) is 4.98 Å². The maximum absolute atomic E-state index is 6.43. The summed E-state index contributed by atoms with van der Waals surface area (Å²) in [5.74, 6) is 4.08. The molecule has 7 nitrogen and oxygen atoms in total. The Morgan fingerprint density at radius 2 is 1.71 bits per heavy atom. The summed E-state index contributed by atoms with van der Waals surface area (Å²) < 4.78 is 28.1. The summed E-state index contributed by atoms with van der Waals surface area (Å²) in [5.41, 5.74) is 2.69. The molecule has 0 amide bonds. The molecule has 3 aromatic rings. The molecule has 1 atom stereocenters. The zero-order valence-electron chi connectivity index (χ0n) is 17.6. The smallest absolute Gasteiger partial charge is 0.231 e. The molecule has 0 aliphatic carbocycles. The fourth-order valence-corrected chi connectivity index (χ4v) is 3.95. The molecule has 1 unspecified atom stereocenters. The zero-order valence-corrected chi connectivity index (χ0v) is 18.4. The zero-order chi connectivity index (χ0) is 21.5. The van der Waals surface area contributed by atoms with E-state index >= 15 is 0 Å². The average Bonchev–Trinajstić information content (AvgIpc) is 3.38. The van der Waals surface area contributed by atoms with Gasteiger partial charge >= 0.3 is 0 Å². The van der Waals surface area contributed by atoms with Crippen LogP contribution in [0, 0.1) is 6.92 Å². The van der Waals surface area contributed by atoms with Gasteiger partial charge in [-0.05, 0) is 44.7 Å². The number of oxazole rings is 1. The predicted molar refractivity (Wildman–Crippen MR) is 115 cm³/mol. The van der Waals surface area contributed by atoms with Crippen molar-refractivity contribution in [2.45, 2.75) is 26.4 Å². The molecule has 5 rings (SSSR count). The van der Waals surface area contributed by atoms with Crippen LogP contribution in [0.2, 0.25) is 5.02 Å². The Balaban J connectivity index is 1.35. The van der Waals surface area contributed by atoms with E-state index in [-0.39, 0.29) is 12.8 Å². The van der Waals surface area contributed by atoms with Crippen LogP contribution in [0.4, 0.5) is 0 Å². The van der Waals surface area contributed by atoms with Crippen LogP contribution in [-0.4, -0.2) is 36.9 Å². The predicted octanol–water partition coefficient (Wildman–Crippen LogP) is 5.00. The standard InChI is InChI=1S/C23H23ClN2O5/c1-13(15-4-5-19-20(8-15)28-7-6-27-19)26(3)11-18-14(2)31-23(25-18)16-9-21-22(10-17(16)24)30-12-29-21/h4-5,8-10,13H,6-7,11-12H2,1-3H3. The van der Waals surface area contributed by atoms with Gasteiger partial charge in [-0.1, -0.05) is 17.7 Å². The molecule has 2 aliphatic rings. The molecule has 0 radical (unpaired) electrons. The third-order valence-corrected chi connectivity index (χ3v) is 6.01. The van der Waals surface area contributed by atoms with Gasteiger partial charge in [-0.2, -0.15) is 0 Å². The lowest BCUT2D eigenvalue weighted by atomic mass is 10.1. The van der Waals surface area contributed by atoms with E-state index < -0.39 is 0 Å². The molecule has 3 heterocycles. The molecule has 2 aromatic carbocycles. The Morgan fingerprint density at radius 3 is 2.52 bits per heavy atom. The molecule has 162 valence electrons. The number of aromatic nitrogens is 1. The normalized spacial score (nSPS) is 15.4. The quantitative estimate of drug-likeness (QED) is 0.551. The number of rotatable bonds is 5. The third kappa shape index (κ3) is 3.79. The molecule has 2 aliphatic heterocycles.